The van der Waals surface area contributed by atoms with Crippen molar-refractivity contribution in [2.24, 2.45) is 0 Å². The van der Waals surface area contributed by atoms with E-state index in [9.17, 15) is 4.79 Å². The van der Waals surface area contributed by atoms with E-state index in [1.54, 1.807) is 19.2 Å². The second-order valence-electron chi connectivity index (χ2n) is 3.56. The second kappa shape index (κ2) is 6.19. The average molecular weight is 224 g/mol. The Labute approximate surface area is 94.5 Å². The molecule has 1 rings (SSSR count). The van der Waals surface area contributed by atoms with Gasteiger partial charge in [-0.2, -0.15) is 0 Å². The van der Waals surface area contributed by atoms with Crippen LogP contribution in [0.1, 0.15) is 23.1 Å². The van der Waals surface area contributed by atoms with E-state index in [0.717, 1.165) is 0 Å². The zero-order chi connectivity index (χ0) is 12.0. The summed E-state index contributed by atoms with van der Waals surface area (Å²) in [7, 11) is 1.64. The first kappa shape index (κ1) is 12.6. The standard InChI is InChI=1S/C11H16N2O3/c1-8(7-16-2)12-6-9-4-3-5-10(13-9)11(14)15/h3-5,8,12H,6-7H2,1-2H3,(H,14,15). The molecule has 0 saturated heterocycles. The highest BCUT2D eigenvalue weighted by Gasteiger charge is 2.06. The lowest BCUT2D eigenvalue weighted by Gasteiger charge is -2.12. The Morgan fingerprint density at radius 1 is 1.62 bits per heavy atom. The van der Waals surface area contributed by atoms with Crippen molar-refractivity contribution in [1.29, 1.82) is 0 Å². The van der Waals surface area contributed by atoms with Crippen molar-refractivity contribution in [3.63, 3.8) is 0 Å². The van der Waals surface area contributed by atoms with Crippen LogP contribution in [0.25, 0.3) is 0 Å². The van der Waals surface area contributed by atoms with E-state index in [2.05, 4.69) is 10.3 Å². The molecule has 0 saturated carbocycles. The summed E-state index contributed by atoms with van der Waals surface area (Å²) in [5, 5.41) is 12.0. The Kier molecular flexibility index (Phi) is 4.88. The third-order valence-corrected chi connectivity index (χ3v) is 2.07. The molecule has 1 aromatic rings. The number of aromatic carboxylic acids is 1. The van der Waals surface area contributed by atoms with E-state index in [-0.39, 0.29) is 11.7 Å². The predicted molar refractivity (Wildman–Crippen MR) is 59.4 cm³/mol. The summed E-state index contributed by atoms with van der Waals surface area (Å²) in [6.45, 7) is 3.13. The normalized spacial score (nSPS) is 12.4. The fourth-order valence-corrected chi connectivity index (χ4v) is 1.28. The molecule has 0 bridgehead atoms. The monoisotopic (exact) mass is 224 g/mol. The number of carboxylic acid groups (broad SMARTS) is 1. The van der Waals surface area contributed by atoms with Crippen molar-refractivity contribution in [3.8, 4) is 0 Å². The van der Waals surface area contributed by atoms with Gasteiger partial charge in [-0.3, -0.25) is 0 Å². The van der Waals surface area contributed by atoms with Gasteiger partial charge < -0.3 is 15.2 Å². The van der Waals surface area contributed by atoms with Crippen LogP contribution in [-0.2, 0) is 11.3 Å². The quantitative estimate of drug-likeness (QED) is 0.751. The van der Waals surface area contributed by atoms with Gasteiger partial charge in [0.05, 0.1) is 12.3 Å². The molecule has 0 aromatic carbocycles. The van der Waals surface area contributed by atoms with Crippen LogP contribution in [0, 0.1) is 0 Å². The molecule has 2 N–H and O–H groups in total. The van der Waals surface area contributed by atoms with Crippen molar-refractivity contribution < 1.29 is 14.6 Å². The van der Waals surface area contributed by atoms with E-state index in [1.165, 1.54) is 6.07 Å². The summed E-state index contributed by atoms with van der Waals surface area (Å²) in [5.74, 6) is -1.01. The molecule has 5 nitrogen and oxygen atoms in total. The molecule has 0 aliphatic heterocycles. The highest BCUT2D eigenvalue weighted by Crippen LogP contribution is 2.00. The van der Waals surface area contributed by atoms with Crippen LogP contribution in [0.3, 0.4) is 0 Å². The van der Waals surface area contributed by atoms with Gasteiger partial charge in [0.1, 0.15) is 5.69 Å². The third kappa shape index (κ3) is 3.96. The Morgan fingerprint density at radius 3 is 3.00 bits per heavy atom. The first-order valence-corrected chi connectivity index (χ1v) is 5.05. The summed E-state index contributed by atoms with van der Waals surface area (Å²) in [5.41, 5.74) is 0.779. The molecule has 1 atom stereocenters. The van der Waals surface area contributed by atoms with Crippen LogP contribution in [0.4, 0.5) is 0 Å². The van der Waals surface area contributed by atoms with Gasteiger partial charge in [0.15, 0.2) is 0 Å². The fourth-order valence-electron chi connectivity index (χ4n) is 1.28. The number of hydrogen-bond acceptors (Lipinski definition) is 4. The number of nitrogens with one attached hydrogen (secondary N) is 1. The molecule has 1 heterocycles. The van der Waals surface area contributed by atoms with Crippen LogP contribution in [0.5, 0.6) is 0 Å². The Hall–Kier alpha value is -1.46. The largest absolute Gasteiger partial charge is 0.477 e. The minimum Gasteiger partial charge on any atom is -0.477 e. The van der Waals surface area contributed by atoms with Gasteiger partial charge in [-0.25, -0.2) is 9.78 Å². The van der Waals surface area contributed by atoms with E-state index in [0.29, 0.717) is 18.8 Å². The lowest BCUT2D eigenvalue weighted by Crippen LogP contribution is -2.30. The van der Waals surface area contributed by atoms with Gasteiger partial charge in [-0.15, -0.1) is 0 Å². The van der Waals surface area contributed by atoms with Gasteiger partial charge in [0.2, 0.25) is 0 Å². The molecule has 1 aromatic heterocycles. The van der Waals surface area contributed by atoms with Crippen LogP contribution in [-0.4, -0.2) is 35.8 Å². The van der Waals surface area contributed by atoms with E-state index in [1.807, 2.05) is 6.92 Å². The van der Waals surface area contributed by atoms with Crippen molar-refractivity contribution in [3.05, 3.63) is 29.6 Å². The van der Waals surface area contributed by atoms with Crippen LogP contribution >= 0.6 is 0 Å². The zero-order valence-electron chi connectivity index (χ0n) is 9.43. The number of methoxy groups -OCH3 is 1. The minimum absolute atomic E-state index is 0.0682. The molecule has 0 aliphatic rings. The maximum atomic E-state index is 10.7. The smallest absolute Gasteiger partial charge is 0.354 e. The van der Waals surface area contributed by atoms with Crippen molar-refractivity contribution >= 4 is 5.97 Å². The molecule has 16 heavy (non-hydrogen) atoms. The summed E-state index contributed by atoms with van der Waals surface area (Å²) < 4.78 is 4.98. The van der Waals surface area contributed by atoms with Gasteiger partial charge in [0, 0.05) is 19.7 Å². The second-order valence-corrected chi connectivity index (χ2v) is 3.56. The molecular formula is C11H16N2O3. The number of ether oxygens (including phenoxy) is 1. The van der Waals surface area contributed by atoms with Gasteiger partial charge in [-0.05, 0) is 19.1 Å². The number of aromatic nitrogens is 1. The van der Waals surface area contributed by atoms with Crippen LogP contribution in [0.2, 0.25) is 0 Å². The molecule has 0 fully saturated rings. The number of hydrogen-bond donors (Lipinski definition) is 2. The Morgan fingerprint density at radius 2 is 2.38 bits per heavy atom. The van der Waals surface area contributed by atoms with Crippen molar-refractivity contribution in [2.45, 2.75) is 19.5 Å². The van der Waals surface area contributed by atoms with Crippen LogP contribution in [0.15, 0.2) is 18.2 Å². The van der Waals surface area contributed by atoms with Gasteiger partial charge in [0.25, 0.3) is 0 Å². The molecule has 5 heteroatoms. The third-order valence-electron chi connectivity index (χ3n) is 2.07. The van der Waals surface area contributed by atoms with Crippen LogP contribution < -0.4 is 5.32 Å². The van der Waals surface area contributed by atoms with Crippen molar-refractivity contribution in [2.75, 3.05) is 13.7 Å². The minimum atomic E-state index is -1.01. The SMILES string of the molecule is COCC(C)NCc1cccc(C(=O)O)n1. The highest BCUT2D eigenvalue weighted by atomic mass is 16.5. The predicted octanol–water partition coefficient (Wildman–Crippen LogP) is 0.904. The molecule has 0 amide bonds. The number of nitrogens with zero attached hydrogens (tertiary/aromatic N) is 1. The molecule has 0 spiro atoms. The Bertz CT molecular complexity index is 355. The molecule has 88 valence electrons. The highest BCUT2D eigenvalue weighted by molar-refractivity contribution is 5.85. The van der Waals surface area contributed by atoms with Gasteiger partial charge >= 0.3 is 5.97 Å². The summed E-state index contributed by atoms with van der Waals surface area (Å²) >= 11 is 0. The lowest BCUT2D eigenvalue weighted by molar-refractivity contribution is 0.0690. The number of pyridine rings is 1. The number of carbonyl (C=O) groups is 1. The zero-order valence-corrected chi connectivity index (χ0v) is 9.43. The number of carboxylic acids is 1. The maximum Gasteiger partial charge on any atom is 0.354 e. The lowest BCUT2D eigenvalue weighted by atomic mass is 10.3. The van der Waals surface area contributed by atoms with E-state index < -0.39 is 5.97 Å². The summed E-state index contributed by atoms with van der Waals surface area (Å²) in [6.07, 6.45) is 0. The first-order chi connectivity index (χ1) is 7.63. The molecule has 1 unspecified atom stereocenters. The topological polar surface area (TPSA) is 71.5 Å². The van der Waals surface area contributed by atoms with Crippen molar-refractivity contribution in [1.82, 2.24) is 10.3 Å². The number of rotatable bonds is 6. The molecular weight excluding hydrogens is 208 g/mol. The molecule has 0 radical (unpaired) electrons. The first-order valence-electron chi connectivity index (χ1n) is 5.05. The fraction of sp³-hybridized carbons (Fsp3) is 0.455. The Balaban J connectivity index is 2.54. The summed E-state index contributed by atoms with van der Waals surface area (Å²) in [4.78, 5) is 14.7. The average Bonchev–Trinajstić information content (AvgIpc) is 2.27. The van der Waals surface area contributed by atoms with Gasteiger partial charge in [-0.1, -0.05) is 6.07 Å². The van der Waals surface area contributed by atoms with E-state index in [4.69, 9.17) is 9.84 Å². The summed E-state index contributed by atoms with van der Waals surface area (Å²) in [6, 6.07) is 5.16. The maximum absolute atomic E-state index is 10.7. The molecule has 0 aliphatic carbocycles. The van der Waals surface area contributed by atoms with E-state index >= 15 is 0 Å².